The van der Waals surface area contributed by atoms with Crippen LogP contribution in [0.2, 0.25) is 5.02 Å². The molecule has 1 aromatic heterocycles. The van der Waals surface area contributed by atoms with Gasteiger partial charge in [-0.25, -0.2) is 9.37 Å². The van der Waals surface area contributed by atoms with Gasteiger partial charge in [0.25, 0.3) is 5.91 Å². The third-order valence-electron chi connectivity index (χ3n) is 4.61. The Morgan fingerprint density at radius 1 is 1.19 bits per heavy atom. The Balaban J connectivity index is 1.96. The monoisotopic (exact) mass is 406 g/mol. The second-order valence-electron chi connectivity index (χ2n) is 6.25. The molecule has 1 amide bonds. The molecule has 1 N–H and O–H groups in total. The number of nitrogens with zero attached hydrogens (tertiary/aromatic N) is 2. The van der Waals surface area contributed by atoms with E-state index in [1.54, 1.807) is 11.0 Å². The van der Waals surface area contributed by atoms with E-state index in [0.29, 0.717) is 27.8 Å². The second kappa shape index (κ2) is 8.78. The Kier molecular flexibility index (Phi) is 6.42. The highest BCUT2D eigenvalue weighted by Gasteiger charge is 2.23. The molecule has 0 spiro atoms. The topological polar surface area (TPSA) is 37.6 Å². The van der Waals surface area contributed by atoms with E-state index in [-0.39, 0.29) is 11.7 Å². The number of amides is 1. The first-order valence-electron chi connectivity index (χ1n) is 8.99. The van der Waals surface area contributed by atoms with Gasteiger partial charge >= 0.3 is 0 Å². The van der Waals surface area contributed by atoms with Crippen LogP contribution in [0.5, 0.6) is 0 Å². The number of quaternary nitrogens is 1. The van der Waals surface area contributed by atoms with E-state index in [9.17, 15) is 9.18 Å². The normalized spacial score (nSPS) is 11.3. The first-order valence-corrected chi connectivity index (χ1v) is 10.2. The average molecular weight is 407 g/mol. The molecule has 3 rings (SSSR count). The predicted octanol–water partition coefficient (Wildman–Crippen LogP) is 3.66. The van der Waals surface area contributed by atoms with Crippen molar-refractivity contribution in [3.63, 3.8) is 0 Å². The van der Waals surface area contributed by atoms with Gasteiger partial charge in [-0.2, -0.15) is 0 Å². The maximum atomic E-state index is 13.3. The Morgan fingerprint density at radius 2 is 1.89 bits per heavy atom. The third-order valence-corrected chi connectivity index (χ3v) is 5.96. The molecule has 7 heteroatoms. The minimum Gasteiger partial charge on any atom is -0.334 e. The van der Waals surface area contributed by atoms with Gasteiger partial charge in [0.1, 0.15) is 11.3 Å². The van der Waals surface area contributed by atoms with E-state index in [2.05, 4.69) is 18.8 Å². The van der Waals surface area contributed by atoms with Crippen LogP contribution in [0.25, 0.3) is 10.2 Å². The number of para-hydroxylation sites is 1. The number of hydrogen-bond donors (Lipinski definition) is 1. The summed E-state index contributed by atoms with van der Waals surface area (Å²) in [6.45, 7) is 7.57. The standard InChI is InChI=1S/C20H21ClFN3OS/c1-3-24(4-2)12-13-25(19(26)14-8-10-15(22)11-9-14)20-23-18-16(21)6-5-7-17(18)27-20/h5-11H,3-4,12-13H2,1-2H3/p+1. The molecular formula is C20H22ClFN3OS+. The summed E-state index contributed by atoms with van der Waals surface area (Å²) in [5.41, 5.74) is 1.14. The highest BCUT2D eigenvalue weighted by molar-refractivity contribution is 7.22. The molecule has 3 aromatic rings. The van der Waals surface area contributed by atoms with Gasteiger partial charge in [0.05, 0.1) is 35.9 Å². The molecule has 0 saturated carbocycles. The first-order chi connectivity index (χ1) is 13.0. The van der Waals surface area contributed by atoms with Gasteiger partial charge in [0.2, 0.25) is 0 Å². The van der Waals surface area contributed by atoms with Gasteiger partial charge in [-0.3, -0.25) is 9.69 Å². The lowest BCUT2D eigenvalue weighted by Gasteiger charge is -2.23. The van der Waals surface area contributed by atoms with Crippen molar-refractivity contribution in [1.82, 2.24) is 4.98 Å². The molecular weight excluding hydrogens is 385 g/mol. The number of hydrogen-bond acceptors (Lipinski definition) is 3. The SMILES string of the molecule is CC[NH+](CC)CCN(C(=O)c1ccc(F)cc1)c1nc2c(Cl)cccc2s1. The molecule has 0 saturated heterocycles. The van der Waals surface area contributed by atoms with E-state index in [1.165, 1.54) is 40.5 Å². The number of benzene rings is 2. The number of anilines is 1. The fourth-order valence-electron chi connectivity index (χ4n) is 2.92. The van der Waals surface area contributed by atoms with Crippen LogP contribution in [0, 0.1) is 5.82 Å². The number of fused-ring (bicyclic) bond motifs is 1. The largest absolute Gasteiger partial charge is 0.334 e. The van der Waals surface area contributed by atoms with Crippen molar-refractivity contribution >= 4 is 44.2 Å². The van der Waals surface area contributed by atoms with Gasteiger partial charge in [-0.05, 0) is 50.2 Å². The van der Waals surface area contributed by atoms with Gasteiger partial charge < -0.3 is 4.90 Å². The van der Waals surface area contributed by atoms with E-state index in [1.807, 2.05) is 12.1 Å². The molecule has 4 nitrogen and oxygen atoms in total. The zero-order valence-corrected chi connectivity index (χ0v) is 16.9. The summed E-state index contributed by atoms with van der Waals surface area (Å²) in [6.07, 6.45) is 0. The Hall–Kier alpha value is -2.02. The summed E-state index contributed by atoms with van der Waals surface area (Å²) in [6, 6.07) is 11.2. The quantitative estimate of drug-likeness (QED) is 0.650. The molecule has 0 radical (unpaired) electrons. The minimum atomic E-state index is -0.363. The Morgan fingerprint density at radius 3 is 2.52 bits per heavy atom. The summed E-state index contributed by atoms with van der Waals surface area (Å²) < 4.78 is 14.2. The highest BCUT2D eigenvalue weighted by Crippen LogP contribution is 2.33. The number of aromatic nitrogens is 1. The minimum absolute atomic E-state index is 0.184. The number of carbonyl (C=O) groups excluding carboxylic acids is 1. The molecule has 1 heterocycles. The maximum absolute atomic E-state index is 13.3. The van der Waals surface area contributed by atoms with Crippen LogP contribution >= 0.6 is 22.9 Å². The summed E-state index contributed by atoms with van der Waals surface area (Å²) in [5, 5.41) is 1.18. The van der Waals surface area contributed by atoms with Gasteiger partial charge in [-0.1, -0.05) is 29.0 Å². The third kappa shape index (κ3) is 4.46. The van der Waals surface area contributed by atoms with Crippen LogP contribution in [0.4, 0.5) is 9.52 Å². The average Bonchev–Trinajstić information content (AvgIpc) is 3.11. The summed E-state index contributed by atoms with van der Waals surface area (Å²) in [7, 11) is 0. The van der Waals surface area contributed by atoms with Crippen molar-refractivity contribution in [2.75, 3.05) is 31.1 Å². The van der Waals surface area contributed by atoms with E-state index in [0.717, 1.165) is 24.3 Å². The molecule has 0 aliphatic carbocycles. The van der Waals surface area contributed by atoms with Crippen LogP contribution in [0.15, 0.2) is 42.5 Å². The number of thiazole rings is 1. The smallest absolute Gasteiger partial charge is 0.260 e. The van der Waals surface area contributed by atoms with Crippen LogP contribution in [0.3, 0.4) is 0 Å². The van der Waals surface area contributed by atoms with Crippen molar-refractivity contribution in [3.05, 3.63) is 58.9 Å². The van der Waals surface area contributed by atoms with E-state index < -0.39 is 0 Å². The number of halogens is 2. The molecule has 0 aliphatic rings. The van der Waals surface area contributed by atoms with Crippen LogP contribution in [-0.4, -0.2) is 37.1 Å². The zero-order valence-electron chi connectivity index (χ0n) is 15.3. The lowest BCUT2D eigenvalue weighted by Crippen LogP contribution is -3.12. The maximum Gasteiger partial charge on any atom is 0.260 e. The fourth-order valence-corrected chi connectivity index (χ4v) is 4.21. The zero-order chi connectivity index (χ0) is 19.4. The van der Waals surface area contributed by atoms with Gasteiger partial charge in [0, 0.05) is 5.56 Å². The second-order valence-corrected chi connectivity index (χ2v) is 7.67. The first kappa shape index (κ1) is 19.7. The molecule has 0 bridgehead atoms. The fraction of sp³-hybridized carbons (Fsp3) is 0.300. The number of carbonyl (C=O) groups is 1. The van der Waals surface area contributed by atoms with Crippen LogP contribution < -0.4 is 9.80 Å². The Bertz CT molecular complexity index is 925. The number of likely N-dealkylation sites (N-methyl/N-ethyl adjacent to an activating group) is 1. The Labute approximate surface area is 167 Å². The summed E-state index contributed by atoms with van der Waals surface area (Å²) in [4.78, 5) is 20.8. The molecule has 0 atom stereocenters. The summed E-state index contributed by atoms with van der Waals surface area (Å²) in [5.74, 6) is -0.547. The molecule has 0 aliphatic heterocycles. The molecule has 2 aromatic carbocycles. The van der Waals surface area contributed by atoms with Gasteiger partial charge in [-0.15, -0.1) is 0 Å². The van der Waals surface area contributed by atoms with Gasteiger partial charge in [0.15, 0.2) is 5.13 Å². The molecule has 0 fully saturated rings. The van der Waals surface area contributed by atoms with Crippen molar-refractivity contribution < 1.29 is 14.1 Å². The lowest BCUT2D eigenvalue weighted by atomic mass is 10.2. The van der Waals surface area contributed by atoms with Crippen molar-refractivity contribution in [2.24, 2.45) is 0 Å². The highest BCUT2D eigenvalue weighted by atomic mass is 35.5. The van der Waals surface area contributed by atoms with Crippen LogP contribution in [-0.2, 0) is 0 Å². The lowest BCUT2D eigenvalue weighted by molar-refractivity contribution is -0.894. The molecule has 142 valence electrons. The van der Waals surface area contributed by atoms with Crippen LogP contribution in [0.1, 0.15) is 24.2 Å². The van der Waals surface area contributed by atoms with Crippen molar-refractivity contribution in [3.8, 4) is 0 Å². The van der Waals surface area contributed by atoms with E-state index in [4.69, 9.17) is 11.6 Å². The predicted molar refractivity (Wildman–Crippen MR) is 110 cm³/mol. The molecule has 0 unspecified atom stereocenters. The number of rotatable bonds is 7. The number of nitrogens with one attached hydrogen (secondary N) is 1. The molecule has 27 heavy (non-hydrogen) atoms. The van der Waals surface area contributed by atoms with Crippen molar-refractivity contribution in [1.29, 1.82) is 0 Å². The summed E-state index contributed by atoms with van der Waals surface area (Å²) >= 11 is 7.70. The van der Waals surface area contributed by atoms with Crippen molar-refractivity contribution in [2.45, 2.75) is 13.8 Å². The van der Waals surface area contributed by atoms with E-state index >= 15 is 0 Å².